The van der Waals surface area contributed by atoms with E-state index in [1.165, 1.54) is 4.90 Å². The molecule has 0 spiro atoms. The van der Waals surface area contributed by atoms with Gasteiger partial charge in [-0.3, -0.25) is 19.3 Å². The standard InChI is InChI=1S/C19H22BrN3O4/c20-14-4-5-15-16(10-14)27-12-18(25)23(15)11-17(24)21-6-8-22(9-7-21)19(26)13-2-1-3-13/h4-5,10,13H,1-3,6-9,11-12H2. The number of amides is 3. The van der Waals surface area contributed by atoms with Gasteiger partial charge in [0.25, 0.3) is 5.91 Å². The van der Waals surface area contributed by atoms with Gasteiger partial charge >= 0.3 is 0 Å². The molecule has 1 aromatic rings. The van der Waals surface area contributed by atoms with Gasteiger partial charge < -0.3 is 14.5 Å². The lowest BCUT2D eigenvalue weighted by molar-refractivity contribution is -0.143. The molecular formula is C19H22BrN3O4. The van der Waals surface area contributed by atoms with Crippen LogP contribution in [0.1, 0.15) is 19.3 Å². The molecule has 8 heteroatoms. The van der Waals surface area contributed by atoms with Crippen LogP contribution in [0.25, 0.3) is 0 Å². The predicted molar refractivity (Wildman–Crippen MR) is 102 cm³/mol. The molecule has 3 amide bonds. The van der Waals surface area contributed by atoms with Crippen molar-refractivity contribution < 1.29 is 19.1 Å². The number of benzene rings is 1. The monoisotopic (exact) mass is 435 g/mol. The summed E-state index contributed by atoms with van der Waals surface area (Å²) < 4.78 is 6.32. The molecule has 3 aliphatic rings. The van der Waals surface area contributed by atoms with E-state index in [-0.39, 0.29) is 36.8 Å². The fourth-order valence-corrected chi connectivity index (χ4v) is 4.02. The quantitative estimate of drug-likeness (QED) is 0.723. The summed E-state index contributed by atoms with van der Waals surface area (Å²) in [6.07, 6.45) is 3.12. The highest BCUT2D eigenvalue weighted by Crippen LogP contribution is 2.34. The number of carbonyl (C=O) groups excluding carboxylic acids is 3. The van der Waals surface area contributed by atoms with Gasteiger partial charge in [-0.05, 0) is 31.0 Å². The Kier molecular flexibility index (Phi) is 5.08. The Labute approximate surface area is 166 Å². The number of ether oxygens (including phenoxy) is 1. The largest absolute Gasteiger partial charge is 0.482 e. The summed E-state index contributed by atoms with van der Waals surface area (Å²) >= 11 is 3.38. The van der Waals surface area contributed by atoms with E-state index >= 15 is 0 Å². The number of rotatable bonds is 3. The summed E-state index contributed by atoms with van der Waals surface area (Å²) in [7, 11) is 0. The summed E-state index contributed by atoms with van der Waals surface area (Å²) in [4.78, 5) is 42.5. The van der Waals surface area contributed by atoms with Gasteiger partial charge in [-0.1, -0.05) is 22.4 Å². The van der Waals surface area contributed by atoms with E-state index in [4.69, 9.17) is 4.74 Å². The first-order valence-corrected chi connectivity index (χ1v) is 10.1. The van der Waals surface area contributed by atoms with Gasteiger partial charge in [0.15, 0.2) is 6.61 Å². The van der Waals surface area contributed by atoms with Crippen molar-refractivity contribution in [2.45, 2.75) is 19.3 Å². The minimum atomic E-state index is -0.225. The summed E-state index contributed by atoms with van der Waals surface area (Å²) in [5.74, 6) is 0.685. The first kappa shape index (κ1) is 18.3. The summed E-state index contributed by atoms with van der Waals surface area (Å²) in [6.45, 7) is 2.10. The van der Waals surface area contributed by atoms with Crippen LogP contribution in [-0.4, -0.2) is 66.9 Å². The lowest BCUT2D eigenvalue weighted by atomic mass is 9.84. The molecule has 0 aromatic heterocycles. The number of carbonyl (C=O) groups is 3. The van der Waals surface area contributed by atoms with E-state index in [0.717, 1.165) is 23.7 Å². The van der Waals surface area contributed by atoms with E-state index < -0.39 is 0 Å². The summed E-state index contributed by atoms with van der Waals surface area (Å²) in [6, 6.07) is 5.40. The zero-order valence-electron chi connectivity index (χ0n) is 15.0. The van der Waals surface area contributed by atoms with Crippen LogP contribution in [0.4, 0.5) is 5.69 Å². The van der Waals surface area contributed by atoms with Crippen molar-refractivity contribution in [1.82, 2.24) is 9.80 Å². The molecule has 2 fully saturated rings. The zero-order valence-corrected chi connectivity index (χ0v) is 16.6. The molecular weight excluding hydrogens is 414 g/mol. The number of hydrogen-bond donors (Lipinski definition) is 0. The van der Waals surface area contributed by atoms with Crippen LogP contribution >= 0.6 is 15.9 Å². The molecule has 7 nitrogen and oxygen atoms in total. The minimum absolute atomic E-state index is 0.00655. The molecule has 1 saturated heterocycles. The van der Waals surface area contributed by atoms with Gasteiger partial charge in [0.2, 0.25) is 11.8 Å². The normalized spacial score (nSPS) is 20.0. The van der Waals surface area contributed by atoms with Crippen molar-refractivity contribution in [3.8, 4) is 5.75 Å². The van der Waals surface area contributed by atoms with Crippen molar-refractivity contribution in [2.24, 2.45) is 5.92 Å². The van der Waals surface area contributed by atoms with E-state index in [1.807, 2.05) is 11.0 Å². The topological polar surface area (TPSA) is 70.2 Å². The first-order chi connectivity index (χ1) is 13.0. The molecule has 0 unspecified atom stereocenters. The van der Waals surface area contributed by atoms with Gasteiger partial charge in [-0.2, -0.15) is 0 Å². The van der Waals surface area contributed by atoms with E-state index in [2.05, 4.69) is 15.9 Å². The fourth-order valence-electron chi connectivity index (χ4n) is 3.68. The average Bonchev–Trinajstić information content (AvgIpc) is 2.62. The number of nitrogens with zero attached hydrogens (tertiary/aromatic N) is 3. The third-order valence-corrected chi connectivity index (χ3v) is 6.05. The Bertz CT molecular complexity index is 772. The van der Waals surface area contributed by atoms with Crippen molar-refractivity contribution >= 4 is 39.3 Å². The second kappa shape index (κ2) is 7.50. The molecule has 1 aromatic carbocycles. The van der Waals surface area contributed by atoms with Crippen LogP contribution in [0.3, 0.4) is 0 Å². The Morgan fingerprint density at radius 3 is 2.48 bits per heavy atom. The molecule has 0 radical (unpaired) electrons. The van der Waals surface area contributed by atoms with Crippen LogP contribution < -0.4 is 9.64 Å². The second-order valence-corrected chi connectivity index (χ2v) is 8.13. The lowest BCUT2D eigenvalue weighted by Crippen LogP contribution is -2.55. The van der Waals surface area contributed by atoms with E-state index in [1.54, 1.807) is 17.0 Å². The predicted octanol–water partition coefficient (Wildman–Crippen LogP) is 1.65. The zero-order chi connectivity index (χ0) is 19.0. The maximum atomic E-state index is 12.7. The third kappa shape index (κ3) is 3.67. The van der Waals surface area contributed by atoms with Crippen LogP contribution in [0.2, 0.25) is 0 Å². The molecule has 1 saturated carbocycles. The molecule has 0 N–H and O–H groups in total. The minimum Gasteiger partial charge on any atom is -0.482 e. The first-order valence-electron chi connectivity index (χ1n) is 9.32. The molecule has 27 heavy (non-hydrogen) atoms. The molecule has 144 valence electrons. The molecule has 2 aliphatic heterocycles. The number of piperazine rings is 1. The molecule has 0 atom stereocenters. The Balaban J connectivity index is 1.37. The maximum absolute atomic E-state index is 12.7. The highest BCUT2D eigenvalue weighted by atomic mass is 79.9. The number of anilines is 1. The van der Waals surface area contributed by atoms with Crippen molar-refractivity contribution in [3.63, 3.8) is 0 Å². The average molecular weight is 436 g/mol. The molecule has 1 aliphatic carbocycles. The Morgan fingerprint density at radius 2 is 1.81 bits per heavy atom. The summed E-state index contributed by atoms with van der Waals surface area (Å²) in [5.41, 5.74) is 0.613. The number of hydrogen-bond acceptors (Lipinski definition) is 4. The summed E-state index contributed by atoms with van der Waals surface area (Å²) in [5, 5.41) is 0. The Morgan fingerprint density at radius 1 is 1.11 bits per heavy atom. The van der Waals surface area contributed by atoms with Crippen LogP contribution in [0.5, 0.6) is 5.75 Å². The second-order valence-electron chi connectivity index (χ2n) is 7.21. The Hall–Kier alpha value is -2.09. The van der Waals surface area contributed by atoms with Gasteiger partial charge in [0, 0.05) is 36.6 Å². The van der Waals surface area contributed by atoms with E-state index in [0.29, 0.717) is 37.6 Å². The van der Waals surface area contributed by atoms with E-state index in [9.17, 15) is 14.4 Å². The molecule has 0 bridgehead atoms. The highest BCUT2D eigenvalue weighted by Gasteiger charge is 2.33. The smallest absolute Gasteiger partial charge is 0.265 e. The number of fused-ring (bicyclic) bond motifs is 1. The van der Waals surface area contributed by atoms with Crippen LogP contribution in [-0.2, 0) is 14.4 Å². The van der Waals surface area contributed by atoms with Crippen molar-refractivity contribution in [3.05, 3.63) is 22.7 Å². The van der Waals surface area contributed by atoms with Crippen LogP contribution in [0.15, 0.2) is 22.7 Å². The fraction of sp³-hybridized carbons (Fsp3) is 0.526. The van der Waals surface area contributed by atoms with Gasteiger partial charge in [0.1, 0.15) is 12.3 Å². The van der Waals surface area contributed by atoms with Gasteiger partial charge in [0.05, 0.1) is 5.69 Å². The highest BCUT2D eigenvalue weighted by molar-refractivity contribution is 9.10. The molecule has 2 heterocycles. The lowest BCUT2D eigenvalue weighted by Gasteiger charge is -2.39. The maximum Gasteiger partial charge on any atom is 0.265 e. The number of halogens is 1. The van der Waals surface area contributed by atoms with Gasteiger partial charge in [-0.15, -0.1) is 0 Å². The van der Waals surface area contributed by atoms with Gasteiger partial charge in [-0.25, -0.2) is 0 Å². The SMILES string of the molecule is O=C(CN1C(=O)COc2cc(Br)ccc21)N1CCN(C(=O)C2CCC2)CC1. The third-order valence-electron chi connectivity index (χ3n) is 5.56. The van der Waals surface area contributed by atoms with Crippen molar-refractivity contribution in [1.29, 1.82) is 0 Å². The van der Waals surface area contributed by atoms with Crippen molar-refractivity contribution in [2.75, 3.05) is 44.2 Å². The molecule has 4 rings (SSSR count). The van der Waals surface area contributed by atoms with Crippen LogP contribution in [0, 0.1) is 5.92 Å².